The number of hydrogen-bond acceptors (Lipinski definition) is 5. The van der Waals surface area contributed by atoms with Crippen molar-refractivity contribution in [2.75, 3.05) is 13.7 Å². The fourth-order valence-corrected chi connectivity index (χ4v) is 1.52. The first kappa shape index (κ1) is 16.2. The molecule has 1 rings (SSSR count). The summed E-state index contributed by atoms with van der Waals surface area (Å²) in [5.41, 5.74) is 6.29. The molecule has 1 amide bonds. The summed E-state index contributed by atoms with van der Waals surface area (Å²) < 4.78 is 10.2. The molecule has 1 aromatic heterocycles. The molecule has 0 aliphatic heterocycles. The Morgan fingerprint density at radius 3 is 2.65 bits per heavy atom. The third-order valence-electron chi connectivity index (χ3n) is 2.41. The molecule has 0 fully saturated rings. The summed E-state index contributed by atoms with van der Waals surface area (Å²) in [6.45, 7) is 5.78. The van der Waals surface area contributed by atoms with E-state index in [0.29, 0.717) is 18.7 Å². The first-order valence-electron chi connectivity index (χ1n) is 6.51. The summed E-state index contributed by atoms with van der Waals surface area (Å²) in [6.07, 6.45) is 1.75. The number of rotatable bonds is 5. The number of carbonyl (C=O) groups excluding carboxylic acids is 1. The maximum Gasteiger partial charge on any atom is 0.407 e. The van der Waals surface area contributed by atoms with Crippen LogP contribution in [-0.4, -0.2) is 36.4 Å². The topological polar surface area (TPSA) is 86.5 Å². The first-order chi connectivity index (χ1) is 9.30. The van der Waals surface area contributed by atoms with Crippen LogP contribution in [0.5, 0.6) is 5.75 Å². The molecule has 0 aliphatic carbocycles. The van der Waals surface area contributed by atoms with Gasteiger partial charge in [0.15, 0.2) is 0 Å². The average molecular weight is 281 g/mol. The van der Waals surface area contributed by atoms with Crippen molar-refractivity contribution >= 4 is 6.09 Å². The van der Waals surface area contributed by atoms with Gasteiger partial charge in [-0.1, -0.05) is 0 Å². The molecule has 1 aromatic rings. The van der Waals surface area contributed by atoms with Gasteiger partial charge in [0.05, 0.1) is 13.3 Å². The van der Waals surface area contributed by atoms with Crippen LogP contribution in [0.2, 0.25) is 0 Å². The van der Waals surface area contributed by atoms with E-state index in [1.54, 1.807) is 13.3 Å². The molecule has 1 heterocycles. The zero-order valence-corrected chi connectivity index (χ0v) is 12.5. The van der Waals surface area contributed by atoms with E-state index in [4.69, 9.17) is 15.2 Å². The van der Waals surface area contributed by atoms with E-state index in [2.05, 4.69) is 10.3 Å². The number of hydrogen-bond donors (Lipinski definition) is 2. The number of ether oxygens (including phenoxy) is 2. The molecule has 0 aromatic carbocycles. The van der Waals surface area contributed by atoms with Crippen molar-refractivity contribution in [3.63, 3.8) is 0 Å². The quantitative estimate of drug-likeness (QED) is 0.853. The molecule has 6 heteroatoms. The van der Waals surface area contributed by atoms with Gasteiger partial charge in [-0.25, -0.2) is 4.79 Å². The van der Waals surface area contributed by atoms with Crippen molar-refractivity contribution in [2.24, 2.45) is 5.73 Å². The fraction of sp³-hybridized carbons (Fsp3) is 0.571. The number of nitrogens with zero attached hydrogens (tertiary/aromatic N) is 1. The first-order valence-corrected chi connectivity index (χ1v) is 6.51. The third-order valence-corrected chi connectivity index (χ3v) is 2.41. The molecular formula is C14H23N3O3. The summed E-state index contributed by atoms with van der Waals surface area (Å²) in [4.78, 5) is 15.7. The molecule has 112 valence electrons. The molecule has 0 saturated heterocycles. The zero-order chi connectivity index (χ0) is 15.2. The monoisotopic (exact) mass is 281 g/mol. The van der Waals surface area contributed by atoms with Crippen molar-refractivity contribution in [2.45, 2.75) is 38.8 Å². The molecule has 6 nitrogen and oxygen atoms in total. The predicted molar refractivity (Wildman–Crippen MR) is 76.7 cm³/mol. The smallest absolute Gasteiger partial charge is 0.407 e. The van der Waals surface area contributed by atoms with E-state index in [9.17, 15) is 4.79 Å². The maximum atomic E-state index is 11.5. The Morgan fingerprint density at radius 2 is 2.15 bits per heavy atom. The van der Waals surface area contributed by atoms with Gasteiger partial charge in [0.1, 0.15) is 11.4 Å². The van der Waals surface area contributed by atoms with Gasteiger partial charge in [-0.15, -0.1) is 0 Å². The third kappa shape index (κ3) is 6.38. The van der Waals surface area contributed by atoms with Crippen molar-refractivity contribution in [3.8, 4) is 5.75 Å². The van der Waals surface area contributed by atoms with E-state index in [1.807, 2.05) is 32.9 Å². The number of nitrogens with two attached hydrogens (primary N) is 1. The lowest BCUT2D eigenvalue weighted by Crippen LogP contribution is -2.41. The van der Waals surface area contributed by atoms with Gasteiger partial charge >= 0.3 is 6.09 Å². The summed E-state index contributed by atoms with van der Waals surface area (Å²) >= 11 is 0. The van der Waals surface area contributed by atoms with E-state index in [0.717, 1.165) is 5.69 Å². The highest BCUT2D eigenvalue weighted by Crippen LogP contribution is 2.09. The van der Waals surface area contributed by atoms with E-state index in [1.165, 1.54) is 0 Å². The van der Waals surface area contributed by atoms with Crippen molar-refractivity contribution < 1.29 is 14.3 Å². The Kier molecular flexibility index (Phi) is 5.76. The normalized spacial score (nSPS) is 12.7. The second-order valence-corrected chi connectivity index (χ2v) is 5.54. The zero-order valence-electron chi connectivity index (χ0n) is 12.5. The molecule has 1 unspecified atom stereocenters. The number of aromatic nitrogens is 1. The van der Waals surface area contributed by atoms with Crippen LogP contribution in [0.25, 0.3) is 0 Å². The lowest BCUT2D eigenvalue weighted by Gasteiger charge is -2.20. The number of nitrogens with one attached hydrogen (secondary N) is 1. The van der Waals surface area contributed by atoms with E-state index < -0.39 is 11.7 Å². The molecule has 0 bridgehead atoms. The molecular weight excluding hydrogens is 258 g/mol. The van der Waals surface area contributed by atoms with Gasteiger partial charge in [-0.3, -0.25) is 4.98 Å². The molecule has 20 heavy (non-hydrogen) atoms. The van der Waals surface area contributed by atoms with Crippen molar-refractivity contribution in [1.29, 1.82) is 0 Å². The predicted octanol–water partition coefficient (Wildman–Crippen LogP) is 1.48. The standard InChI is InChI=1S/C14H23N3O3/c1-14(2,3)20-13(18)17-8-10(15)7-11-5-6-12(19-4)9-16-11/h5-6,9-10H,7-8,15H2,1-4H3,(H,17,18). The Hall–Kier alpha value is -1.82. The Balaban J connectivity index is 2.36. The molecule has 0 aliphatic rings. The van der Waals surface area contributed by atoms with Crippen LogP contribution in [0.4, 0.5) is 4.79 Å². The highest BCUT2D eigenvalue weighted by Gasteiger charge is 2.16. The van der Waals surface area contributed by atoms with Gasteiger partial charge in [0.25, 0.3) is 0 Å². The van der Waals surface area contributed by atoms with Crippen LogP contribution < -0.4 is 15.8 Å². The highest BCUT2D eigenvalue weighted by atomic mass is 16.6. The number of pyridine rings is 1. The minimum atomic E-state index is -0.508. The molecule has 0 radical (unpaired) electrons. The molecule has 3 N–H and O–H groups in total. The second-order valence-electron chi connectivity index (χ2n) is 5.54. The number of alkyl carbamates (subject to hydrolysis) is 1. The largest absolute Gasteiger partial charge is 0.495 e. The lowest BCUT2D eigenvalue weighted by molar-refractivity contribution is 0.0524. The van der Waals surface area contributed by atoms with Crippen LogP contribution in [0, 0.1) is 0 Å². The molecule has 1 atom stereocenters. The minimum absolute atomic E-state index is 0.219. The van der Waals surface area contributed by atoms with Crippen LogP contribution in [0.1, 0.15) is 26.5 Å². The van der Waals surface area contributed by atoms with Gasteiger partial charge < -0.3 is 20.5 Å². The second kappa shape index (κ2) is 7.09. The van der Waals surface area contributed by atoms with Crippen molar-refractivity contribution in [1.82, 2.24) is 10.3 Å². The summed E-state index contributed by atoms with van der Waals surface area (Å²) in [6, 6.07) is 3.46. The van der Waals surface area contributed by atoms with Gasteiger partial charge in [-0.2, -0.15) is 0 Å². The number of methoxy groups -OCH3 is 1. The molecule has 0 saturated carbocycles. The van der Waals surface area contributed by atoms with Crippen LogP contribution in [-0.2, 0) is 11.2 Å². The maximum absolute atomic E-state index is 11.5. The van der Waals surface area contributed by atoms with E-state index >= 15 is 0 Å². The fourth-order valence-electron chi connectivity index (χ4n) is 1.52. The van der Waals surface area contributed by atoms with Gasteiger partial charge in [0.2, 0.25) is 0 Å². The highest BCUT2D eigenvalue weighted by molar-refractivity contribution is 5.67. The SMILES string of the molecule is COc1ccc(CC(N)CNC(=O)OC(C)(C)C)nc1. The minimum Gasteiger partial charge on any atom is -0.495 e. The Labute approximate surface area is 119 Å². The summed E-state index contributed by atoms with van der Waals surface area (Å²) in [5, 5.41) is 2.64. The number of carbonyl (C=O) groups is 1. The van der Waals surface area contributed by atoms with Crippen LogP contribution in [0.3, 0.4) is 0 Å². The molecule has 0 spiro atoms. The van der Waals surface area contributed by atoms with Gasteiger partial charge in [0, 0.05) is 24.7 Å². The van der Waals surface area contributed by atoms with Crippen LogP contribution in [0.15, 0.2) is 18.3 Å². The number of amides is 1. The summed E-state index contributed by atoms with van der Waals surface area (Å²) in [5.74, 6) is 0.703. The average Bonchev–Trinajstić information content (AvgIpc) is 2.35. The lowest BCUT2D eigenvalue weighted by atomic mass is 10.1. The van der Waals surface area contributed by atoms with Crippen LogP contribution >= 0.6 is 0 Å². The van der Waals surface area contributed by atoms with Gasteiger partial charge in [-0.05, 0) is 32.9 Å². The summed E-state index contributed by atoms with van der Waals surface area (Å²) in [7, 11) is 1.59. The Morgan fingerprint density at radius 1 is 1.45 bits per heavy atom. The van der Waals surface area contributed by atoms with Crippen molar-refractivity contribution in [3.05, 3.63) is 24.0 Å². The Bertz CT molecular complexity index is 426. The van der Waals surface area contributed by atoms with E-state index in [-0.39, 0.29) is 6.04 Å².